The van der Waals surface area contributed by atoms with Crippen LogP contribution in [0.2, 0.25) is 0 Å². The quantitative estimate of drug-likeness (QED) is 0.398. The van der Waals surface area contributed by atoms with E-state index in [1.165, 1.54) is 38.5 Å². The van der Waals surface area contributed by atoms with E-state index in [9.17, 15) is 9.90 Å². The lowest BCUT2D eigenvalue weighted by Gasteiger charge is -2.29. The smallest absolute Gasteiger partial charge is 0.220 e. The number of hydrogen-bond acceptors (Lipinski definition) is 5. The van der Waals surface area contributed by atoms with Crippen LogP contribution in [0.15, 0.2) is 18.2 Å². The fourth-order valence-electron chi connectivity index (χ4n) is 4.34. The number of benzene rings is 1. The molecule has 168 valence electrons. The van der Waals surface area contributed by atoms with E-state index in [-0.39, 0.29) is 11.9 Å². The maximum atomic E-state index is 12.6. The van der Waals surface area contributed by atoms with Gasteiger partial charge in [0.05, 0.1) is 12.6 Å². The molecular weight excluding hydrogens is 380 g/mol. The number of nitrogens with one attached hydrogen (secondary N) is 1. The number of carbonyl (C=O) groups is 1. The second-order valence-electron chi connectivity index (χ2n) is 8.67. The molecule has 2 aliphatic heterocycles. The van der Waals surface area contributed by atoms with Gasteiger partial charge < -0.3 is 20.2 Å². The van der Waals surface area contributed by atoms with Crippen molar-refractivity contribution < 1.29 is 19.7 Å². The maximum Gasteiger partial charge on any atom is 0.220 e. The van der Waals surface area contributed by atoms with Crippen LogP contribution in [-0.2, 0) is 16.1 Å². The molecule has 2 unspecified atom stereocenters. The second-order valence-corrected chi connectivity index (χ2v) is 8.67. The van der Waals surface area contributed by atoms with Gasteiger partial charge in [0.1, 0.15) is 6.10 Å². The topological polar surface area (TPSA) is 71.0 Å². The molecule has 0 aromatic heterocycles. The van der Waals surface area contributed by atoms with Crippen LogP contribution in [0.4, 0.5) is 0 Å². The summed E-state index contributed by atoms with van der Waals surface area (Å²) in [5.41, 5.74) is 1.84. The average Bonchev–Trinajstić information content (AvgIpc) is 3.28. The van der Waals surface area contributed by atoms with Crippen LogP contribution in [0.1, 0.15) is 81.9 Å². The largest absolute Gasteiger partial charge is 0.386 e. The van der Waals surface area contributed by atoms with Crippen molar-refractivity contribution in [2.24, 2.45) is 0 Å². The zero-order valence-corrected chi connectivity index (χ0v) is 18.4. The van der Waals surface area contributed by atoms with Crippen molar-refractivity contribution in [3.63, 3.8) is 0 Å². The van der Waals surface area contributed by atoms with Gasteiger partial charge in [-0.05, 0) is 44.0 Å². The minimum atomic E-state index is -0.782. The summed E-state index contributed by atoms with van der Waals surface area (Å²) in [5, 5.41) is 14.2. The van der Waals surface area contributed by atoms with E-state index in [4.69, 9.17) is 9.78 Å². The summed E-state index contributed by atoms with van der Waals surface area (Å²) in [6.45, 7) is 5.47. The first-order valence-electron chi connectivity index (χ1n) is 11.8. The molecule has 6 heteroatoms. The summed E-state index contributed by atoms with van der Waals surface area (Å²) in [5.74, 6) is 0.697. The Morgan fingerprint density at radius 3 is 2.73 bits per heavy atom. The standard InChI is InChI=1S/C24H38N2O4/c1-2-3-4-5-6-7-10-23(27)25-21(18-26-14-8-9-15-26)24(28)20-12-11-19-13-16-29-30-22(19)17-20/h11-12,17,21,24,28H,2-10,13-16,18H2,1H3,(H,25,27). The molecular formula is C24H38N2O4. The Hall–Kier alpha value is -1.63. The third-order valence-corrected chi connectivity index (χ3v) is 6.17. The Labute approximate surface area is 180 Å². The molecule has 2 aliphatic rings. The van der Waals surface area contributed by atoms with Crippen molar-refractivity contribution in [3.8, 4) is 5.75 Å². The number of aliphatic hydroxyl groups excluding tert-OH is 1. The van der Waals surface area contributed by atoms with E-state index in [2.05, 4.69) is 17.1 Å². The van der Waals surface area contributed by atoms with Gasteiger partial charge in [-0.2, -0.15) is 4.89 Å². The lowest BCUT2D eigenvalue weighted by molar-refractivity contribution is -0.215. The van der Waals surface area contributed by atoms with Gasteiger partial charge in [-0.15, -0.1) is 0 Å². The van der Waals surface area contributed by atoms with Crippen molar-refractivity contribution in [2.45, 2.75) is 83.3 Å². The Bertz CT molecular complexity index is 661. The summed E-state index contributed by atoms with van der Waals surface area (Å²) in [7, 11) is 0. The monoisotopic (exact) mass is 418 g/mol. The zero-order chi connectivity index (χ0) is 21.2. The predicted octanol–water partition coefficient (Wildman–Crippen LogP) is 3.92. The summed E-state index contributed by atoms with van der Waals surface area (Å²) in [6, 6.07) is 5.44. The minimum absolute atomic E-state index is 0.0336. The number of nitrogens with zero attached hydrogens (tertiary/aromatic N) is 1. The van der Waals surface area contributed by atoms with Crippen LogP contribution in [0.25, 0.3) is 0 Å². The van der Waals surface area contributed by atoms with Crippen LogP contribution in [0.3, 0.4) is 0 Å². The molecule has 0 radical (unpaired) electrons. The van der Waals surface area contributed by atoms with Crippen LogP contribution in [0.5, 0.6) is 5.75 Å². The number of carbonyl (C=O) groups excluding carboxylic acids is 1. The van der Waals surface area contributed by atoms with E-state index < -0.39 is 6.10 Å². The van der Waals surface area contributed by atoms with E-state index in [0.717, 1.165) is 43.5 Å². The number of rotatable bonds is 12. The minimum Gasteiger partial charge on any atom is -0.386 e. The number of amides is 1. The Balaban J connectivity index is 1.57. The van der Waals surface area contributed by atoms with Crippen LogP contribution in [-0.4, -0.2) is 48.2 Å². The van der Waals surface area contributed by atoms with E-state index in [1.54, 1.807) is 0 Å². The molecule has 30 heavy (non-hydrogen) atoms. The summed E-state index contributed by atoms with van der Waals surface area (Å²) in [6.07, 6.45) is 9.85. The van der Waals surface area contributed by atoms with Gasteiger partial charge in [-0.25, -0.2) is 0 Å². The summed E-state index contributed by atoms with van der Waals surface area (Å²) < 4.78 is 0. The van der Waals surface area contributed by atoms with Crippen LogP contribution in [0, 0.1) is 0 Å². The van der Waals surface area contributed by atoms with Crippen LogP contribution >= 0.6 is 0 Å². The Morgan fingerprint density at radius 2 is 1.93 bits per heavy atom. The number of aliphatic hydroxyl groups is 1. The fraction of sp³-hybridized carbons (Fsp3) is 0.708. The molecule has 6 nitrogen and oxygen atoms in total. The molecule has 0 bridgehead atoms. The van der Waals surface area contributed by atoms with E-state index in [0.29, 0.717) is 25.3 Å². The van der Waals surface area contributed by atoms with Gasteiger partial charge in [0.2, 0.25) is 5.91 Å². The first kappa shape index (κ1) is 23.0. The van der Waals surface area contributed by atoms with Crippen LogP contribution < -0.4 is 10.2 Å². The van der Waals surface area contributed by atoms with Gasteiger partial charge in [-0.3, -0.25) is 4.79 Å². The summed E-state index contributed by atoms with van der Waals surface area (Å²) in [4.78, 5) is 25.3. The van der Waals surface area contributed by atoms with E-state index >= 15 is 0 Å². The van der Waals surface area contributed by atoms with Gasteiger partial charge in [0, 0.05) is 24.9 Å². The highest BCUT2D eigenvalue weighted by molar-refractivity contribution is 5.76. The zero-order valence-electron chi connectivity index (χ0n) is 18.4. The number of likely N-dealkylation sites (tertiary alicyclic amines) is 1. The van der Waals surface area contributed by atoms with Gasteiger partial charge in [0.15, 0.2) is 5.75 Å². The number of hydrogen-bond donors (Lipinski definition) is 2. The van der Waals surface area contributed by atoms with Gasteiger partial charge in [-0.1, -0.05) is 51.2 Å². The average molecular weight is 419 g/mol. The fourth-order valence-corrected chi connectivity index (χ4v) is 4.34. The highest BCUT2D eigenvalue weighted by atomic mass is 17.2. The molecule has 2 atom stereocenters. The first-order valence-corrected chi connectivity index (χ1v) is 11.8. The van der Waals surface area contributed by atoms with Crippen molar-refractivity contribution in [3.05, 3.63) is 29.3 Å². The maximum absolute atomic E-state index is 12.6. The molecule has 2 N–H and O–H groups in total. The summed E-state index contributed by atoms with van der Waals surface area (Å²) >= 11 is 0. The lowest BCUT2D eigenvalue weighted by atomic mass is 9.98. The highest BCUT2D eigenvalue weighted by Gasteiger charge is 2.27. The molecule has 1 amide bonds. The molecule has 1 aromatic rings. The SMILES string of the molecule is CCCCCCCCC(=O)NC(CN1CCCC1)C(O)c1ccc2c(c1)OOCC2. The van der Waals surface area contributed by atoms with Crippen molar-refractivity contribution >= 4 is 5.91 Å². The molecule has 3 rings (SSSR count). The third-order valence-electron chi connectivity index (χ3n) is 6.17. The highest BCUT2D eigenvalue weighted by Crippen LogP contribution is 2.29. The van der Waals surface area contributed by atoms with Crippen molar-refractivity contribution in [1.82, 2.24) is 10.2 Å². The first-order chi connectivity index (χ1) is 14.7. The Morgan fingerprint density at radius 1 is 1.17 bits per heavy atom. The van der Waals surface area contributed by atoms with Crippen molar-refractivity contribution in [1.29, 1.82) is 0 Å². The van der Waals surface area contributed by atoms with E-state index in [1.807, 2.05) is 18.2 Å². The third kappa shape index (κ3) is 6.96. The predicted molar refractivity (Wildman–Crippen MR) is 117 cm³/mol. The molecule has 0 spiro atoms. The van der Waals surface area contributed by atoms with Gasteiger partial charge in [0.25, 0.3) is 0 Å². The normalized spacial score (nSPS) is 18.5. The molecule has 1 aromatic carbocycles. The van der Waals surface area contributed by atoms with Gasteiger partial charge >= 0.3 is 0 Å². The Kier molecular flexibility index (Phi) is 9.43. The molecule has 0 aliphatic carbocycles. The second kappa shape index (κ2) is 12.3. The number of unbranched alkanes of at least 4 members (excludes halogenated alkanes) is 5. The van der Waals surface area contributed by atoms with Crippen molar-refractivity contribution in [2.75, 3.05) is 26.2 Å². The molecule has 2 heterocycles. The molecule has 1 saturated heterocycles. The lowest BCUT2D eigenvalue weighted by Crippen LogP contribution is -2.46. The number of fused-ring (bicyclic) bond motifs is 1. The molecule has 1 fully saturated rings. The molecule has 0 saturated carbocycles.